The summed E-state index contributed by atoms with van der Waals surface area (Å²) in [4.78, 5) is 29.2. The number of fused-ring (bicyclic) bond motifs is 1. The van der Waals surface area contributed by atoms with Crippen LogP contribution < -0.4 is 11.0 Å². The van der Waals surface area contributed by atoms with E-state index in [0.717, 1.165) is 12.8 Å². The number of benzene rings is 1. The average Bonchev–Trinajstić information content (AvgIpc) is 2.68. The van der Waals surface area contributed by atoms with E-state index in [0.29, 0.717) is 23.0 Å². The number of carbonyl (C=O) groups is 1. The first-order valence-corrected chi connectivity index (χ1v) is 8.45. The van der Waals surface area contributed by atoms with Crippen LogP contribution >= 0.6 is 0 Å². The molecule has 1 amide bonds. The number of hydrogen-bond donors (Lipinski definition) is 1. The molecule has 1 N–H and O–H groups in total. The fraction of sp³-hybridized carbons (Fsp3) is 0.211. The fourth-order valence-electron chi connectivity index (χ4n) is 2.52. The Balaban J connectivity index is 1.92. The highest BCUT2D eigenvalue weighted by molar-refractivity contribution is 6.04. The maximum Gasteiger partial charge on any atom is 0.292 e. The molecule has 3 rings (SSSR count). The minimum atomic E-state index is -0.473. The Bertz CT molecular complexity index is 996. The zero-order valence-electron chi connectivity index (χ0n) is 14.4. The van der Waals surface area contributed by atoms with Gasteiger partial charge in [-0.2, -0.15) is 10.2 Å². The van der Waals surface area contributed by atoms with Crippen molar-refractivity contribution < 1.29 is 4.79 Å². The summed E-state index contributed by atoms with van der Waals surface area (Å²) < 4.78 is 1.35. The number of rotatable bonds is 6. The number of pyridine rings is 1. The van der Waals surface area contributed by atoms with Crippen LogP contribution in [-0.2, 0) is 6.54 Å². The Morgan fingerprint density at radius 2 is 1.96 bits per heavy atom. The summed E-state index contributed by atoms with van der Waals surface area (Å²) in [5, 5.41) is 9.17. The highest BCUT2D eigenvalue weighted by Gasteiger charge is 2.16. The third kappa shape index (κ3) is 3.83. The van der Waals surface area contributed by atoms with Crippen molar-refractivity contribution in [1.29, 1.82) is 0 Å². The van der Waals surface area contributed by atoms with Gasteiger partial charge in [0.05, 0.1) is 17.3 Å². The third-order valence-corrected chi connectivity index (χ3v) is 3.86. The lowest BCUT2D eigenvalue weighted by Gasteiger charge is -2.09. The number of nitrogens with zero attached hydrogens (tertiary/aromatic N) is 4. The summed E-state index contributed by atoms with van der Waals surface area (Å²) in [6.07, 6.45) is 4.83. The molecule has 0 radical (unpaired) electrons. The minimum absolute atomic E-state index is 0.175. The number of hydrazone groups is 1. The van der Waals surface area contributed by atoms with Crippen LogP contribution in [0.3, 0.4) is 0 Å². The summed E-state index contributed by atoms with van der Waals surface area (Å²) >= 11 is 0. The van der Waals surface area contributed by atoms with Gasteiger partial charge in [-0.3, -0.25) is 14.6 Å². The van der Waals surface area contributed by atoms with E-state index in [9.17, 15) is 9.59 Å². The van der Waals surface area contributed by atoms with E-state index in [2.05, 4.69) is 20.6 Å². The van der Waals surface area contributed by atoms with Crippen molar-refractivity contribution in [3.8, 4) is 0 Å². The van der Waals surface area contributed by atoms with Crippen molar-refractivity contribution >= 4 is 22.9 Å². The molecule has 0 fully saturated rings. The third-order valence-electron chi connectivity index (χ3n) is 3.86. The quantitative estimate of drug-likeness (QED) is 0.546. The second-order valence-corrected chi connectivity index (χ2v) is 5.73. The number of aromatic nitrogens is 3. The summed E-state index contributed by atoms with van der Waals surface area (Å²) in [6, 6.07) is 12.4. The highest BCUT2D eigenvalue weighted by Crippen LogP contribution is 2.13. The van der Waals surface area contributed by atoms with E-state index in [1.54, 1.807) is 42.6 Å². The Labute approximate surface area is 150 Å². The molecule has 0 aliphatic rings. The lowest BCUT2D eigenvalue weighted by Crippen LogP contribution is -2.29. The molecule has 0 bridgehead atoms. The fourth-order valence-corrected chi connectivity index (χ4v) is 2.52. The lowest BCUT2D eigenvalue weighted by molar-refractivity contribution is 0.0949. The largest absolute Gasteiger partial charge is 0.292 e. The molecule has 0 saturated carbocycles. The van der Waals surface area contributed by atoms with Crippen molar-refractivity contribution in [3.63, 3.8) is 0 Å². The lowest BCUT2D eigenvalue weighted by atomic mass is 10.1. The molecule has 0 atom stereocenters. The number of amides is 1. The van der Waals surface area contributed by atoms with E-state index in [1.165, 1.54) is 10.9 Å². The predicted octanol–water partition coefficient (Wildman–Crippen LogP) is 2.36. The second kappa shape index (κ2) is 8.15. The SMILES string of the molecule is CCCCn1nc(C(=O)N/N=C\c2ccccn2)c2ccccc2c1=O. The van der Waals surface area contributed by atoms with Gasteiger partial charge in [0, 0.05) is 18.1 Å². The van der Waals surface area contributed by atoms with Crippen molar-refractivity contribution in [3.05, 3.63) is 70.4 Å². The van der Waals surface area contributed by atoms with Crippen LogP contribution in [-0.4, -0.2) is 26.9 Å². The second-order valence-electron chi connectivity index (χ2n) is 5.73. The van der Waals surface area contributed by atoms with Gasteiger partial charge in [0.2, 0.25) is 0 Å². The maximum absolute atomic E-state index is 12.6. The van der Waals surface area contributed by atoms with Gasteiger partial charge in [0.25, 0.3) is 11.5 Å². The van der Waals surface area contributed by atoms with Gasteiger partial charge < -0.3 is 0 Å². The van der Waals surface area contributed by atoms with Crippen molar-refractivity contribution in [2.75, 3.05) is 0 Å². The molecule has 0 unspecified atom stereocenters. The van der Waals surface area contributed by atoms with Crippen LogP contribution in [0.5, 0.6) is 0 Å². The first-order valence-electron chi connectivity index (χ1n) is 8.45. The van der Waals surface area contributed by atoms with E-state index in [1.807, 2.05) is 13.0 Å². The van der Waals surface area contributed by atoms with Gasteiger partial charge >= 0.3 is 0 Å². The Kier molecular flexibility index (Phi) is 5.48. The predicted molar refractivity (Wildman–Crippen MR) is 100 cm³/mol. The van der Waals surface area contributed by atoms with Gasteiger partial charge in [0.1, 0.15) is 0 Å². The van der Waals surface area contributed by atoms with Gasteiger partial charge in [-0.05, 0) is 24.6 Å². The monoisotopic (exact) mass is 349 g/mol. The van der Waals surface area contributed by atoms with Crippen LogP contribution in [0.2, 0.25) is 0 Å². The normalized spacial score (nSPS) is 11.1. The number of carbonyl (C=O) groups excluding carboxylic acids is 1. The molecule has 132 valence electrons. The van der Waals surface area contributed by atoms with Gasteiger partial charge in [-0.25, -0.2) is 10.1 Å². The standard InChI is InChI=1S/C19H19N5O2/c1-2-3-12-24-19(26)16-10-5-4-9-15(16)17(23-24)18(25)22-21-13-14-8-6-7-11-20-14/h4-11,13H,2-3,12H2,1H3,(H,22,25)/b21-13-. The van der Waals surface area contributed by atoms with Gasteiger partial charge in [-0.15, -0.1) is 0 Å². The Hall–Kier alpha value is -3.35. The summed E-state index contributed by atoms with van der Waals surface area (Å²) in [5.74, 6) is -0.473. The van der Waals surface area contributed by atoms with E-state index < -0.39 is 5.91 Å². The highest BCUT2D eigenvalue weighted by atomic mass is 16.2. The molecule has 26 heavy (non-hydrogen) atoms. The molecular formula is C19H19N5O2. The van der Waals surface area contributed by atoms with Crippen molar-refractivity contribution in [2.45, 2.75) is 26.3 Å². The number of nitrogens with one attached hydrogen (secondary N) is 1. The molecule has 7 nitrogen and oxygen atoms in total. The molecular weight excluding hydrogens is 330 g/mol. The van der Waals surface area contributed by atoms with E-state index in [4.69, 9.17) is 0 Å². The zero-order valence-corrected chi connectivity index (χ0v) is 14.4. The molecule has 0 aliphatic carbocycles. The molecule has 0 spiro atoms. The Morgan fingerprint density at radius 1 is 1.19 bits per heavy atom. The topological polar surface area (TPSA) is 89.2 Å². The summed E-state index contributed by atoms with van der Waals surface area (Å²) in [6.45, 7) is 2.50. The molecule has 2 heterocycles. The Morgan fingerprint density at radius 3 is 2.69 bits per heavy atom. The van der Waals surface area contributed by atoms with E-state index in [-0.39, 0.29) is 11.3 Å². The molecule has 1 aromatic carbocycles. The van der Waals surface area contributed by atoms with Gasteiger partial charge in [0.15, 0.2) is 5.69 Å². The molecule has 0 saturated heterocycles. The first kappa shape index (κ1) is 17.5. The van der Waals surface area contributed by atoms with E-state index >= 15 is 0 Å². The zero-order chi connectivity index (χ0) is 18.4. The van der Waals surface area contributed by atoms with Crippen molar-refractivity contribution in [1.82, 2.24) is 20.2 Å². The molecule has 3 aromatic rings. The minimum Gasteiger partial charge on any atom is -0.267 e. The summed E-state index contributed by atoms with van der Waals surface area (Å²) in [7, 11) is 0. The molecule has 7 heteroatoms. The maximum atomic E-state index is 12.6. The number of hydrogen-bond acceptors (Lipinski definition) is 5. The molecule has 0 aliphatic heterocycles. The first-order chi connectivity index (χ1) is 12.7. The van der Waals surface area contributed by atoms with Crippen LogP contribution in [0.4, 0.5) is 0 Å². The van der Waals surface area contributed by atoms with Crippen LogP contribution in [0, 0.1) is 0 Å². The number of aryl methyl sites for hydroxylation is 1. The average molecular weight is 349 g/mol. The summed E-state index contributed by atoms with van der Waals surface area (Å²) in [5.41, 5.74) is 3.06. The van der Waals surface area contributed by atoms with Crippen molar-refractivity contribution in [2.24, 2.45) is 5.10 Å². The smallest absolute Gasteiger partial charge is 0.267 e. The number of unbranched alkanes of at least 4 members (excludes halogenated alkanes) is 1. The van der Waals surface area contributed by atoms with Crippen LogP contribution in [0.25, 0.3) is 10.8 Å². The molecule has 2 aromatic heterocycles. The van der Waals surface area contributed by atoms with Crippen LogP contribution in [0.15, 0.2) is 58.6 Å². The van der Waals surface area contributed by atoms with Gasteiger partial charge in [-0.1, -0.05) is 37.6 Å². The van der Waals surface area contributed by atoms with Crippen LogP contribution in [0.1, 0.15) is 35.9 Å².